The Kier molecular flexibility index (Phi) is 5.38. The standard InChI is InChI=1S/C19H13Cl2N5OS/c20-14-7-4-8-22-16(14)15-11-28-19(24-15)25-18(27)13-9-23-26(17(13)21)10-12-5-2-1-3-6-12/h1-9,11H,10H2,(H,24,25,27). The lowest BCUT2D eigenvalue weighted by molar-refractivity contribution is 0.102. The summed E-state index contributed by atoms with van der Waals surface area (Å²) in [5.74, 6) is -0.377. The van der Waals surface area contributed by atoms with Crippen molar-refractivity contribution in [2.75, 3.05) is 5.32 Å². The molecule has 0 saturated heterocycles. The molecule has 0 bridgehead atoms. The van der Waals surface area contributed by atoms with Crippen LogP contribution >= 0.6 is 34.5 Å². The van der Waals surface area contributed by atoms with Gasteiger partial charge < -0.3 is 0 Å². The highest BCUT2D eigenvalue weighted by atomic mass is 35.5. The number of carbonyl (C=O) groups is 1. The maximum absolute atomic E-state index is 12.6. The molecule has 0 unspecified atom stereocenters. The maximum atomic E-state index is 12.6. The molecule has 0 spiro atoms. The van der Waals surface area contributed by atoms with Crippen molar-refractivity contribution in [2.24, 2.45) is 0 Å². The minimum Gasteiger partial charge on any atom is -0.298 e. The molecular formula is C19H13Cl2N5OS. The molecule has 0 saturated carbocycles. The van der Waals surface area contributed by atoms with Crippen molar-refractivity contribution >= 4 is 45.6 Å². The maximum Gasteiger partial charge on any atom is 0.262 e. The minimum absolute atomic E-state index is 0.269. The van der Waals surface area contributed by atoms with E-state index >= 15 is 0 Å². The number of halogens is 2. The normalized spacial score (nSPS) is 10.8. The van der Waals surface area contributed by atoms with Crippen LogP contribution < -0.4 is 5.32 Å². The number of hydrogen-bond acceptors (Lipinski definition) is 5. The fraction of sp³-hybridized carbons (Fsp3) is 0.0526. The summed E-state index contributed by atoms with van der Waals surface area (Å²) in [6.45, 7) is 0.479. The molecule has 0 aliphatic heterocycles. The van der Waals surface area contributed by atoms with Crippen molar-refractivity contribution in [3.8, 4) is 11.4 Å². The number of pyridine rings is 1. The van der Waals surface area contributed by atoms with Gasteiger partial charge in [0.2, 0.25) is 0 Å². The van der Waals surface area contributed by atoms with Crippen molar-refractivity contribution in [1.82, 2.24) is 19.7 Å². The molecule has 28 heavy (non-hydrogen) atoms. The Morgan fingerprint density at radius 1 is 1.14 bits per heavy atom. The number of anilines is 1. The first-order valence-corrected chi connectivity index (χ1v) is 9.88. The van der Waals surface area contributed by atoms with E-state index in [0.717, 1.165) is 5.56 Å². The summed E-state index contributed by atoms with van der Waals surface area (Å²) in [5.41, 5.74) is 2.48. The molecule has 3 heterocycles. The molecule has 1 aromatic carbocycles. The SMILES string of the molecule is O=C(Nc1nc(-c2ncccc2Cl)cs1)c1cnn(Cc2ccccc2)c1Cl. The van der Waals surface area contributed by atoms with Crippen LogP contribution in [0.1, 0.15) is 15.9 Å². The quantitative estimate of drug-likeness (QED) is 0.483. The van der Waals surface area contributed by atoms with Crippen LogP contribution in [0, 0.1) is 0 Å². The van der Waals surface area contributed by atoms with Crippen LogP contribution in [0.3, 0.4) is 0 Å². The van der Waals surface area contributed by atoms with Gasteiger partial charge in [-0.05, 0) is 17.7 Å². The first-order valence-electron chi connectivity index (χ1n) is 8.25. The molecule has 1 N–H and O–H groups in total. The van der Waals surface area contributed by atoms with Crippen molar-refractivity contribution in [2.45, 2.75) is 6.54 Å². The molecular weight excluding hydrogens is 417 g/mol. The van der Waals surface area contributed by atoms with E-state index < -0.39 is 0 Å². The number of amides is 1. The summed E-state index contributed by atoms with van der Waals surface area (Å²) < 4.78 is 1.58. The van der Waals surface area contributed by atoms with Crippen LogP contribution in [0.25, 0.3) is 11.4 Å². The fourth-order valence-electron chi connectivity index (χ4n) is 2.57. The zero-order valence-corrected chi connectivity index (χ0v) is 16.7. The van der Waals surface area contributed by atoms with Gasteiger partial charge in [-0.25, -0.2) is 9.67 Å². The molecule has 0 aliphatic carbocycles. The summed E-state index contributed by atoms with van der Waals surface area (Å²) in [6.07, 6.45) is 3.09. The Hall–Kier alpha value is -2.74. The number of benzene rings is 1. The Morgan fingerprint density at radius 3 is 2.75 bits per heavy atom. The molecule has 6 nitrogen and oxygen atoms in total. The summed E-state index contributed by atoms with van der Waals surface area (Å²) in [7, 11) is 0. The predicted octanol–water partition coefficient (Wildman–Crippen LogP) is 5.01. The zero-order chi connectivity index (χ0) is 19.5. The lowest BCUT2D eigenvalue weighted by atomic mass is 10.2. The number of nitrogens with zero attached hydrogens (tertiary/aromatic N) is 4. The number of thiazole rings is 1. The summed E-state index contributed by atoms with van der Waals surface area (Å²) in [4.78, 5) is 21.2. The van der Waals surface area contributed by atoms with E-state index in [4.69, 9.17) is 23.2 Å². The van der Waals surface area contributed by atoms with Gasteiger partial charge in [-0.3, -0.25) is 15.1 Å². The van der Waals surface area contributed by atoms with Crippen LogP contribution in [0.2, 0.25) is 10.2 Å². The molecule has 3 aromatic heterocycles. The van der Waals surface area contributed by atoms with Crippen LogP contribution in [0.4, 0.5) is 5.13 Å². The predicted molar refractivity (Wildman–Crippen MR) is 111 cm³/mol. The Morgan fingerprint density at radius 2 is 1.96 bits per heavy atom. The van der Waals surface area contributed by atoms with E-state index in [2.05, 4.69) is 20.4 Å². The first-order chi connectivity index (χ1) is 13.6. The van der Waals surface area contributed by atoms with E-state index in [0.29, 0.717) is 28.1 Å². The van der Waals surface area contributed by atoms with Gasteiger partial charge in [0.05, 0.1) is 23.3 Å². The second kappa shape index (κ2) is 8.10. The van der Waals surface area contributed by atoms with Gasteiger partial charge in [-0.15, -0.1) is 11.3 Å². The van der Waals surface area contributed by atoms with Gasteiger partial charge in [0, 0.05) is 11.6 Å². The molecule has 0 radical (unpaired) electrons. The van der Waals surface area contributed by atoms with E-state index in [9.17, 15) is 4.79 Å². The van der Waals surface area contributed by atoms with Gasteiger partial charge in [0.25, 0.3) is 5.91 Å². The van der Waals surface area contributed by atoms with Crippen LogP contribution in [0.15, 0.2) is 60.2 Å². The van der Waals surface area contributed by atoms with Gasteiger partial charge in [-0.1, -0.05) is 53.5 Å². The third-order valence-corrected chi connectivity index (χ3v) is 5.38. The van der Waals surface area contributed by atoms with E-state index in [1.807, 2.05) is 30.3 Å². The Labute approximate surface area is 174 Å². The molecule has 140 valence electrons. The number of aromatic nitrogens is 4. The Balaban J connectivity index is 1.50. The fourth-order valence-corrected chi connectivity index (χ4v) is 3.71. The highest BCUT2D eigenvalue weighted by molar-refractivity contribution is 7.14. The molecule has 4 aromatic rings. The van der Waals surface area contributed by atoms with Crippen LogP contribution in [-0.2, 0) is 6.54 Å². The lowest BCUT2D eigenvalue weighted by Crippen LogP contribution is -2.12. The summed E-state index contributed by atoms with van der Waals surface area (Å²) in [5, 5.41) is 9.94. The summed E-state index contributed by atoms with van der Waals surface area (Å²) in [6, 6.07) is 13.2. The second-order valence-corrected chi connectivity index (χ2v) is 7.44. The third-order valence-electron chi connectivity index (χ3n) is 3.92. The topological polar surface area (TPSA) is 72.7 Å². The monoisotopic (exact) mass is 429 g/mol. The van der Waals surface area contributed by atoms with Crippen molar-refractivity contribution < 1.29 is 4.79 Å². The average molecular weight is 430 g/mol. The highest BCUT2D eigenvalue weighted by Gasteiger charge is 2.18. The smallest absolute Gasteiger partial charge is 0.262 e. The van der Waals surface area contributed by atoms with Crippen molar-refractivity contribution in [1.29, 1.82) is 0 Å². The van der Waals surface area contributed by atoms with Gasteiger partial charge in [0.15, 0.2) is 5.13 Å². The van der Waals surface area contributed by atoms with E-state index in [1.54, 1.807) is 28.4 Å². The molecule has 9 heteroatoms. The summed E-state index contributed by atoms with van der Waals surface area (Å²) >= 11 is 13.8. The number of nitrogens with one attached hydrogen (secondary N) is 1. The first kappa shape index (κ1) is 18.6. The Bertz CT molecular complexity index is 1130. The van der Waals surface area contributed by atoms with Crippen LogP contribution in [-0.4, -0.2) is 25.7 Å². The van der Waals surface area contributed by atoms with E-state index in [1.165, 1.54) is 17.5 Å². The molecule has 0 aliphatic rings. The number of rotatable bonds is 5. The minimum atomic E-state index is -0.377. The largest absolute Gasteiger partial charge is 0.298 e. The van der Waals surface area contributed by atoms with Gasteiger partial charge in [-0.2, -0.15) is 5.10 Å². The average Bonchev–Trinajstić information content (AvgIpc) is 3.30. The molecule has 0 atom stereocenters. The number of hydrogen-bond donors (Lipinski definition) is 1. The second-order valence-electron chi connectivity index (χ2n) is 5.82. The lowest BCUT2D eigenvalue weighted by Gasteiger charge is -2.04. The zero-order valence-electron chi connectivity index (χ0n) is 14.3. The third kappa shape index (κ3) is 3.91. The molecule has 0 fully saturated rings. The van der Waals surface area contributed by atoms with Gasteiger partial charge in [0.1, 0.15) is 16.5 Å². The highest BCUT2D eigenvalue weighted by Crippen LogP contribution is 2.29. The van der Waals surface area contributed by atoms with E-state index in [-0.39, 0.29) is 16.6 Å². The van der Waals surface area contributed by atoms with Crippen molar-refractivity contribution in [3.05, 3.63) is 81.5 Å². The van der Waals surface area contributed by atoms with Crippen LogP contribution in [0.5, 0.6) is 0 Å². The van der Waals surface area contributed by atoms with Gasteiger partial charge >= 0.3 is 0 Å². The molecule has 1 amide bonds. The number of carbonyl (C=O) groups excluding carboxylic acids is 1. The molecule has 4 rings (SSSR count). The van der Waals surface area contributed by atoms with Crippen molar-refractivity contribution in [3.63, 3.8) is 0 Å².